The molecule has 0 aliphatic heterocycles. The molecular formula is C16H13ClN2O2S2. The Kier molecular flexibility index (Phi) is 4.13. The number of halogens is 1. The van der Waals surface area contributed by atoms with E-state index in [0.717, 1.165) is 34.2 Å². The number of aromatic nitrogens is 2. The number of thiophene rings is 1. The van der Waals surface area contributed by atoms with Crippen LogP contribution >= 0.6 is 34.7 Å². The normalized spacial score (nSPS) is 18.7. The third kappa shape index (κ3) is 2.91. The number of Topliss-reactive ketones (excluding diaryl/α,β-unsaturated/α-hetero) is 1. The third-order valence-corrected chi connectivity index (χ3v) is 6.69. The van der Waals surface area contributed by atoms with Gasteiger partial charge in [0.05, 0.1) is 10.3 Å². The van der Waals surface area contributed by atoms with Gasteiger partial charge in [0.1, 0.15) is 10.7 Å². The van der Waals surface area contributed by atoms with Gasteiger partial charge in [-0.2, -0.15) is 0 Å². The lowest BCUT2D eigenvalue weighted by Gasteiger charge is -2.17. The summed E-state index contributed by atoms with van der Waals surface area (Å²) in [6.07, 6.45) is 3.60. The molecule has 1 aromatic carbocycles. The van der Waals surface area contributed by atoms with Gasteiger partial charge in [-0.25, -0.2) is 0 Å². The Morgan fingerprint density at radius 1 is 1.26 bits per heavy atom. The van der Waals surface area contributed by atoms with Crippen molar-refractivity contribution in [1.82, 2.24) is 10.2 Å². The second-order valence-corrected chi connectivity index (χ2v) is 8.02. The minimum Gasteiger partial charge on any atom is -0.410 e. The number of hydrogen-bond acceptors (Lipinski definition) is 6. The lowest BCUT2D eigenvalue weighted by Crippen LogP contribution is -2.21. The number of carbonyl (C=O) groups is 1. The van der Waals surface area contributed by atoms with Gasteiger partial charge in [-0.1, -0.05) is 48.0 Å². The monoisotopic (exact) mass is 364 g/mol. The van der Waals surface area contributed by atoms with Gasteiger partial charge >= 0.3 is 0 Å². The summed E-state index contributed by atoms with van der Waals surface area (Å²) in [5.74, 6) is 0.697. The maximum absolute atomic E-state index is 11.9. The first-order chi connectivity index (χ1) is 11.2. The fourth-order valence-electron chi connectivity index (χ4n) is 2.70. The van der Waals surface area contributed by atoms with Crippen molar-refractivity contribution in [1.29, 1.82) is 0 Å². The van der Waals surface area contributed by atoms with E-state index >= 15 is 0 Å². The molecular weight excluding hydrogens is 352 g/mol. The minimum absolute atomic E-state index is 0.0603. The molecule has 4 nitrogen and oxygen atoms in total. The molecule has 23 heavy (non-hydrogen) atoms. The van der Waals surface area contributed by atoms with Gasteiger partial charge in [-0.15, -0.1) is 21.5 Å². The van der Waals surface area contributed by atoms with Crippen LogP contribution < -0.4 is 0 Å². The molecule has 3 aromatic rings. The highest BCUT2D eigenvalue weighted by molar-refractivity contribution is 8.00. The van der Waals surface area contributed by atoms with E-state index in [0.29, 0.717) is 22.6 Å². The highest BCUT2D eigenvalue weighted by Crippen LogP contribution is 2.42. The van der Waals surface area contributed by atoms with Crippen LogP contribution in [0.4, 0.5) is 0 Å². The Morgan fingerprint density at radius 3 is 2.96 bits per heavy atom. The topological polar surface area (TPSA) is 56.0 Å². The first-order valence-corrected chi connectivity index (χ1v) is 9.50. The maximum Gasteiger partial charge on any atom is 0.277 e. The van der Waals surface area contributed by atoms with E-state index < -0.39 is 0 Å². The summed E-state index contributed by atoms with van der Waals surface area (Å²) in [6, 6.07) is 7.92. The fraction of sp³-hybridized carbons (Fsp3) is 0.312. The molecule has 2 heterocycles. The van der Waals surface area contributed by atoms with E-state index in [-0.39, 0.29) is 11.0 Å². The quantitative estimate of drug-likeness (QED) is 0.638. The van der Waals surface area contributed by atoms with Gasteiger partial charge in [0.25, 0.3) is 11.1 Å². The van der Waals surface area contributed by atoms with Crippen molar-refractivity contribution < 1.29 is 9.21 Å². The molecule has 1 atom stereocenters. The van der Waals surface area contributed by atoms with Crippen LogP contribution in [0.3, 0.4) is 0 Å². The Morgan fingerprint density at radius 2 is 2.13 bits per heavy atom. The van der Waals surface area contributed by atoms with Crippen molar-refractivity contribution in [3.63, 3.8) is 0 Å². The standard InChI is InChI=1S/C16H13ClN2O2S2/c17-13-9-5-1-3-7-11(9)22-14(13)15-18-19-16(21-15)23-12-8-4-2-6-10(12)20/h1,3,5,7,12H,2,4,6,8H2/t12-/m1/s1. The number of thioether (sulfide) groups is 1. The highest BCUT2D eigenvalue weighted by Gasteiger charge is 2.26. The number of hydrogen-bond donors (Lipinski definition) is 0. The van der Waals surface area contributed by atoms with E-state index in [1.165, 1.54) is 23.1 Å². The average molecular weight is 365 g/mol. The van der Waals surface area contributed by atoms with Gasteiger partial charge in [0.2, 0.25) is 0 Å². The van der Waals surface area contributed by atoms with Crippen molar-refractivity contribution in [3.05, 3.63) is 29.3 Å². The first kappa shape index (κ1) is 15.2. The van der Waals surface area contributed by atoms with E-state index in [1.807, 2.05) is 24.3 Å². The van der Waals surface area contributed by atoms with Gasteiger partial charge in [-0.05, 0) is 18.9 Å². The molecule has 1 saturated carbocycles. The summed E-state index contributed by atoms with van der Waals surface area (Å²) in [6.45, 7) is 0. The molecule has 1 aliphatic rings. The molecule has 0 N–H and O–H groups in total. The summed E-state index contributed by atoms with van der Waals surface area (Å²) < 4.78 is 6.83. The van der Waals surface area contributed by atoms with E-state index in [9.17, 15) is 4.79 Å². The van der Waals surface area contributed by atoms with Gasteiger partial charge in [-0.3, -0.25) is 4.79 Å². The molecule has 0 saturated heterocycles. The zero-order valence-electron chi connectivity index (χ0n) is 12.1. The van der Waals surface area contributed by atoms with Crippen LogP contribution in [0.15, 0.2) is 33.9 Å². The molecule has 1 fully saturated rings. The number of nitrogens with zero attached hydrogens (tertiary/aromatic N) is 2. The van der Waals surface area contributed by atoms with Crippen LogP contribution in [0.2, 0.25) is 5.02 Å². The lowest BCUT2D eigenvalue weighted by molar-refractivity contribution is -0.119. The van der Waals surface area contributed by atoms with Gasteiger partial charge in [0, 0.05) is 16.5 Å². The van der Waals surface area contributed by atoms with Crippen LogP contribution in [0.1, 0.15) is 25.7 Å². The lowest BCUT2D eigenvalue weighted by atomic mass is 9.99. The Hall–Kier alpha value is -1.37. The van der Waals surface area contributed by atoms with Crippen LogP contribution in [0.25, 0.3) is 20.9 Å². The van der Waals surface area contributed by atoms with Crippen LogP contribution in [-0.2, 0) is 4.79 Å². The van der Waals surface area contributed by atoms with E-state index in [2.05, 4.69) is 10.2 Å². The molecule has 118 valence electrons. The molecule has 2 aromatic heterocycles. The predicted molar refractivity (Wildman–Crippen MR) is 93.2 cm³/mol. The van der Waals surface area contributed by atoms with Crippen molar-refractivity contribution in [3.8, 4) is 10.8 Å². The molecule has 4 rings (SSSR count). The Labute approximate surface area is 146 Å². The zero-order valence-corrected chi connectivity index (χ0v) is 14.5. The van der Waals surface area contributed by atoms with Gasteiger partial charge in [0.15, 0.2) is 0 Å². The average Bonchev–Trinajstić information content (AvgIpc) is 3.15. The number of benzene rings is 1. The van der Waals surface area contributed by atoms with Crippen LogP contribution in [-0.4, -0.2) is 21.2 Å². The third-order valence-electron chi connectivity index (χ3n) is 3.88. The largest absolute Gasteiger partial charge is 0.410 e. The first-order valence-electron chi connectivity index (χ1n) is 7.42. The highest BCUT2D eigenvalue weighted by atomic mass is 35.5. The molecule has 0 bridgehead atoms. The smallest absolute Gasteiger partial charge is 0.277 e. The van der Waals surface area contributed by atoms with Crippen LogP contribution in [0.5, 0.6) is 0 Å². The number of rotatable bonds is 3. The van der Waals surface area contributed by atoms with E-state index in [1.54, 1.807) is 0 Å². The summed E-state index contributed by atoms with van der Waals surface area (Å²) in [5.41, 5.74) is 0. The summed E-state index contributed by atoms with van der Waals surface area (Å²) in [7, 11) is 0. The van der Waals surface area contributed by atoms with Crippen molar-refractivity contribution in [2.45, 2.75) is 36.2 Å². The van der Waals surface area contributed by atoms with E-state index in [4.69, 9.17) is 16.0 Å². The number of carbonyl (C=O) groups excluding carboxylic acids is 1. The van der Waals surface area contributed by atoms with Crippen molar-refractivity contribution in [2.75, 3.05) is 0 Å². The number of ketones is 1. The van der Waals surface area contributed by atoms with Crippen LogP contribution in [0, 0.1) is 0 Å². The molecule has 0 spiro atoms. The second-order valence-electron chi connectivity index (χ2n) is 5.43. The molecule has 1 aliphatic carbocycles. The summed E-state index contributed by atoms with van der Waals surface area (Å²) in [4.78, 5) is 12.7. The molecule has 0 unspecified atom stereocenters. The Bertz CT molecular complexity index is 874. The zero-order chi connectivity index (χ0) is 15.8. The number of fused-ring (bicyclic) bond motifs is 1. The SMILES string of the molecule is O=C1CCCC[C@H]1Sc1nnc(-c2sc3ccccc3c2Cl)o1. The summed E-state index contributed by atoms with van der Waals surface area (Å²) in [5, 5.41) is 10.2. The maximum atomic E-state index is 11.9. The molecule has 0 radical (unpaired) electrons. The Balaban J connectivity index is 1.61. The molecule has 7 heteroatoms. The van der Waals surface area contributed by atoms with Gasteiger partial charge < -0.3 is 4.42 Å². The minimum atomic E-state index is -0.0603. The predicted octanol–water partition coefficient (Wildman–Crippen LogP) is 5.21. The summed E-state index contributed by atoms with van der Waals surface area (Å²) >= 11 is 9.34. The van der Waals surface area contributed by atoms with Crippen molar-refractivity contribution >= 4 is 50.6 Å². The van der Waals surface area contributed by atoms with Crippen molar-refractivity contribution in [2.24, 2.45) is 0 Å². The molecule has 0 amide bonds. The second kappa shape index (κ2) is 6.26. The fourth-order valence-corrected chi connectivity index (χ4v) is 5.12.